The molecule has 2 aromatic carbocycles. The van der Waals surface area contributed by atoms with Gasteiger partial charge in [0.25, 0.3) is 0 Å². The number of nitriles is 5. The van der Waals surface area contributed by atoms with Crippen molar-refractivity contribution in [3.63, 3.8) is 0 Å². The van der Waals surface area contributed by atoms with E-state index in [1.807, 2.05) is 12.1 Å². The molecule has 0 saturated heterocycles. The smallest absolute Gasteiger partial charge is 0.170 e. The van der Waals surface area contributed by atoms with Gasteiger partial charge in [0.15, 0.2) is 5.92 Å². The van der Waals surface area contributed by atoms with E-state index in [0.717, 1.165) is 6.42 Å². The van der Waals surface area contributed by atoms with Crippen LogP contribution < -0.4 is 5.73 Å². The van der Waals surface area contributed by atoms with Crippen molar-refractivity contribution in [3.05, 3.63) is 100 Å². The minimum Gasteiger partial charge on any atom is -0.383 e. The quantitative estimate of drug-likeness (QED) is 0.724. The second-order valence-electron chi connectivity index (χ2n) is 6.54. The lowest BCUT2D eigenvalue weighted by molar-refractivity contribution is 1.01. The lowest BCUT2D eigenvalue weighted by Gasteiger charge is -2.00. The molecule has 2 N–H and O–H groups in total. The fourth-order valence-corrected chi connectivity index (χ4v) is 2.82. The Labute approximate surface area is 192 Å². The fraction of sp³-hybridized carbons (Fsp3) is 0.0769. The summed E-state index contributed by atoms with van der Waals surface area (Å²) >= 11 is 0. The van der Waals surface area contributed by atoms with Crippen LogP contribution in [0.1, 0.15) is 11.1 Å². The summed E-state index contributed by atoms with van der Waals surface area (Å²) in [7, 11) is 0. The molecule has 33 heavy (non-hydrogen) atoms. The van der Waals surface area contributed by atoms with E-state index < -0.39 is 5.92 Å². The zero-order chi connectivity index (χ0) is 24.1. The van der Waals surface area contributed by atoms with Gasteiger partial charge in [-0.1, -0.05) is 72.8 Å². The molecule has 0 spiro atoms. The second kappa shape index (κ2) is 12.3. The first-order chi connectivity index (χ1) is 16.1. The van der Waals surface area contributed by atoms with Crippen molar-refractivity contribution in [2.75, 3.05) is 0 Å². The second-order valence-corrected chi connectivity index (χ2v) is 6.54. The molecule has 2 aromatic rings. The minimum atomic E-state index is -1.36. The number of nitrogens with two attached hydrogens (primary N) is 1. The third-order valence-electron chi connectivity index (χ3n) is 4.43. The molecule has 0 atom stereocenters. The Morgan fingerprint density at radius 2 is 1.42 bits per heavy atom. The standard InChI is InChI=1S/C15H14.C11H3N7/c1-3-8-14(9-4-1)12-7-13-15-10-5-2-6-11-15;12-1-6(2-13)7(3-14)10-8(4-15)9(5-16)11(17)18-10/h1-12H,13H2;6H,(H2,17,18)/b12-7+;10-7-. The van der Waals surface area contributed by atoms with Crippen LogP contribution in [0.5, 0.6) is 0 Å². The molecule has 0 radical (unpaired) electrons. The maximum absolute atomic E-state index is 8.94. The minimum absolute atomic E-state index is 0.158. The van der Waals surface area contributed by atoms with Crippen LogP contribution in [0.4, 0.5) is 0 Å². The largest absolute Gasteiger partial charge is 0.383 e. The van der Waals surface area contributed by atoms with Crippen molar-refractivity contribution >= 4 is 11.9 Å². The highest BCUT2D eigenvalue weighted by molar-refractivity contribution is 6.06. The molecule has 0 aliphatic carbocycles. The van der Waals surface area contributed by atoms with Crippen molar-refractivity contribution in [1.82, 2.24) is 0 Å². The highest BCUT2D eigenvalue weighted by Gasteiger charge is 2.28. The van der Waals surface area contributed by atoms with E-state index in [4.69, 9.17) is 32.0 Å². The van der Waals surface area contributed by atoms with Crippen LogP contribution in [0.2, 0.25) is 0 Å². The van der Waals surface area contributed by atoms with Gasteiger partial charge in [0.05, 0.1) is 23.8 Å². The lowest BCUT2D eigenvalue weighted by Crippen LogP contribution is -2.10. The predicted molar refractivity (Wildman–Crippen MR) is 123 cm³/mol. The third kappa shape index (κ3) is 6.28. The van der Waals surface area contributed by atoms with E-state index in [1.165, 1.54) is 11.1 Å². The maximum Gasteiger partial charge on any atom is 0.170 e. The molecule has 1 aliphatic rings. The normalized spacial score (nSPS) is 13.5. The van der Waals surface area contributed by atoms with Crippen LogP contribution in [-0.4, -0.2) is 5.84 Å². The summed E-state index contributed by atoms with van der Waals surface area (Å²) in [4.78, 5) is 3.71. The number of aliphatic imine (C=N–C) groups is 1. The van der Waals surface area contributed by atoms with Gasteiger partial charge in [0.2, 0.25) is 0 Å². The number of hydrogen-bond acceptors (Lipinski definition) is 7. The average molecular weight is 427 g/mol. The molecule has 1 heterocycles. The van der Waals surface area contributed by atoms with E-state index in [0.29, 0.717) is 0 Å². The number of nitrogens with zero attached hydrogens (tertiary/aromatic N) is 6. The highest BCUT2D eigenvalue weighted by atomic mass is 14.9. The Morgan fingerprint density at radius 3 is 1.94 bits per heavy atom. The van der Waals surface area contributed by atoms with Crippen LogP contribution in [0.25, 0.3) is 6.08 Å². The molecule has 1 aliphatic heterocycles. The number of amidine groups is 1. The average Bonchev–Trinajstić information content (AvgIpc) is 3.18. The summed E-state index contributed by atoms with van der Waals surface area (Å²) in [5, 5.41) is 44.1. The Bertz CT molecular complexity index is 1310. The Morgan fingerprint density at radius 1 is 0.848 bits per heavy atom. The molecule has 3 rings (SSSR count). The van der Waals surface area contributed by atoms with Crippen LogP contribution in [0.15, 0.2) is 94.1 Å². The molecule has 0 fully saturated rings. The van der Waals surface area contributed by atoms with E-state index in [1.54, 1.807) is 30.3 Å². The van der Waals surface area contributed by atoms with Crippen LogP contribution in [0, 0.1) is 62.6 Å². The molecule has 0 saturated carbocycles. The third-order valence-corrected chi connectivity index (χ3v) is 4.43. The fourth-order valence-electron chi connectivity index (χ4n) is 2.82. The molecule has 0 unspecified atom stereocenters. The SMILES string of the molecule is C(=C\c1ccccc1)/Cc1ccccc1.N#CC1=C(C#N)/C(=C(\C#N)C(C#N)C#N)N=C1N. The van der Waals surface area contributed by atoms with Gasteiger partial charge in [-0.25, -0.2) is 4.99 Å². The molecule has 0 aromatic heterocycles. The molecule has 7 nitrogen and oxygen atoms in total. The Kier molecular flexibility index (Phi) is 8.90. The van der Waals surface area contributed by atoms with Crippen molar-refractivity contribution in [2.24, 2.45) is 16.6 Å². The van der Waals surface area contributed by atoms with Gasteiger partial charge >= 0.3 is 0 Å². The van der Waals surface area contributed by atoms with Crippen LogP contribution in [-0.2, 0) is 6.42 Å². The molecule has 156 valence electrons. The van der Waals surface area contributed by atoms with E-state index >= 15 is 0 Å². The number of hydrogen-bond donors (Lipinski definition) is 1. The van der Waals surface area contributed by atoms with Gasteiger partial charge in [-0.2, -0.15) is 26.3 Å². The molecular formula is C26H17N7. The Balaban J connectivity index is 0.000000237. The lowest BCUT2D eigenvalue weighted by atomic mass is 9.97. The number of allylic oxidation sites excluding steroid dienone is 3. The van der Waals surface area contributed by atoms with Gasteiger partial charge < -0.3 is 5.73 Å². The van der Waals surface area contributed by atoms with Crippen LogP contribution in [0.3, 0.4) is 0 Å². The summed E-state index contributed by atoms with van der Waals surface area (Å²) in [6.07, 6.45) is 5.35. The molecule has 7 heteroatoms. The van der Waals surface area contributed by atoms with Gasteiger partial charge in [0.1, 0.15) is 34.8 Å². The van der Waals surface area contributed by atoms with E-state index in [-0.39, 0.29) is 28.3 Å². The first kappa shape index (κ1) is 23.9. The highest BCUT2D eigenvalue weighted by Crippen LogP contribution is 2.28. The summed E-state index contributed by atoms with van der Waals surface area (Å²) in [5.74, 6) is -1.56. The molecule has 0 bridgehead atoms. The van der Waals surface area contributed by atoms with E-state index in [9.17, 15) is 0 Å². The van der Waals surface area contributed by atoms with Gasteiger partial charge in [-0.3, -0.25) is 0 Å². The zero-order valence-electron chi connectivity index (χ0n) is 17.5. The Hall–Kier alpha value is -5.42. The van der Waals surface area contributed by atoms with Gasteiger partial charge in [0, 0.05) is 0 Å². The monoisotopic (exact) mass is 427 g/mol. The van der Waals surface area contributed by atoms with Gasteiger partial charge in [-0.05, 0) is 17.5 Å². The van der Waals surface area contributed by atoms with Crippen molar-refractivity contribution in [2.45, 2.75) is 6.42 Å². The van der Waals surface area contributed by atoms with Crippen molar-refractivity contribution < 1.29 is 0 Å². The summed E-state index contributed by atoms with van der Waals surface area (Å²) in [6, 6.07) is 29.1. The maximum atomic E-state index is 8.94. The summed E-state index contributed by atoms with van der Waals surface area (Å²) < 4.78 is 0. The first-order valence-corrected chi connectivity index (χ1v) is 9.68. The number of benzene rings is 2. The van der Waals surface area contributed by atoms with E-state index in [2.05, 4.69) is 65.7 Å². The van der Waals surface area contributed by atoms with Gasteiger partial charge in [-0.15, -0.1) is 0 Å². The molecule has 0 amide bonds. The van der Waals surface area contributed by atoms with Crippen LogP contribution >= 0.6 is 0 Å². The first-order valence-electron chi connectivity index (χ1n) is 9.68. The van der Waals surface area contributed by atoms with Crippen molar-refractivity contribution in [3.8, 4) is 30.3 Å². The zero-order valence-corrected chi connectivity index (χ0v) is 17.5. The topological polar surface area (TPSA) is 157 Å². The predicted octanol–water partition coefficient (Wildman–Crippen LogP) is 4.08. The number of rotatable bonds is 4. The summed E-state index contributed by atoms with van der Waals surface area (Å²) in [6.45, 7) is 0. The summed E-state index contributed by atoms with van der Waals surface area (Å²) in [5.41, 5.74) is 7.22. The molecular weight excluding hydrogens is 410 g/mol. The van der Waals surface area contributed by atoms with Crippen molar-refractivity contribution in [1.29, 1.82) is 26.3 Å².